The van der Waals surface area contributed by atoms with Crippen LogP contribution in [0, 0.1) is 6.92 Å². The molecule has 0 unspecified atom stereocenters. The van der Waals surface area contributed by atoms with Gasteiger partial charge in [0.15, 0.2) is 11.5 Å². The molecule has 23 heavy (non-hydrogen) atoms. The molecule has 0 bridgehead atoms. The van der Waals surface area contributed by atoms with Gasteiger partial charge in [0.25, 0.3) is 5.71 Å². The number of carbonyl (C=O) groups is 1. The van der Waals surface area contributed by atoms with Gasteiger partial charge in [-0.05, 0) is 31.2 Å². The zero-order valence-corrected chi connectivity index (χ0v) is 12.5. The molecule has 1 aromatic carbocycles. The molecule has 4 rings (SSSR count). The van der Waals surface area contributed by atoms with Gasteiger partial charge in [-0.2, -0.15) is 0 Å². The van der Waals surface area contributed by atoms with Crippen LogP contribution in [0.25, 0.3) is 22.4 Å². The van der Waals surface area contributed by atoms with E-state index in [9.17, 15) is 4.79 Å². The molecule has 0 fully saturated rings. The molecule has 0 saturated carbocycles. The van der Waals surface area contributed by atoms with Crippen LogP contribution in [0.4, 0.5) is 0 Å². The molecule has 7 nitrogen and oxygen atoms in total. The normalized spacial score (nSPS) is 12.6. The maximum Gasteiger partial charge on any atom is 0.338 e. The van der Waals surface area contributed by atoms with Crippen LogP contribution in [0.1, 0.15) is 16.1 Å². The number of aryl methyl sites for hydroxylation is 1. The molecule has 0 atom stereocenters. The fourth-order valence-electron chi connectivity index (χ4n) is 2.57. The number of aromatic nitrogens is 2. The fraction of sp³-hybridized carbons (Fsp3) is 0.188. The highest BCUT2D eigenvalue weighted by atomic mass is 16.7. The highest BCUT2D eigenvalue weighted by Crippen LogP contribution is 2.36. The van der Waals surface area contributed by atoms with Crippen LogP contribution in [0.15, 0.2) is 28.8 Å². The number of nitrogens with zero attached hydrogens (tertiary/aromatic N) is 2. The lowest BCUT2D eigenvalue weighted by Crippen LogP contribution is -2.03. The third-order valence-corrected chi connectivity index (χ3v) is 3.69. The predicted molar refractivity (Wildman–Crippen MR) is 79.4 cm³/mol. The minimum atomic E-state index is -0.467. The first-order valence-electron chi connectivity index (χ1n) is 6.92. The molecule has 0 amide bonds. The van der Waals surface area contributed by atoms with E-state index in [1.54, 1.807) is 25.1 Å². The number of ether oxygens (including phenoxy) is 3. The molecule has 0 saturated heterocycles. The largest absolute Gasteiger partial charge is 0.465 e. The predicted octanol–water partition coefficient (Wildman–Crippen LogP) is 2.71. The van der Waals surface area contributed by atoms with E-state index in [2.05, 4.69) is 10.1 Å². The van der Waals surface area contributed by atoms with Gasteiger partial charge in [0.05, 0.1) is 29.4 Å². The number of benzene rings is 1. The Labute approximate surface area is 130 Å². The molecular weight excluding hydrogens is 300 g/mol. The topological polar surface area (TPSA) is 83.7 Å². The fourth-order valence-corrected chi connectivity index (χ4v) is 2.57. The number of carbonyl (C=O) groups excluding carboxylic acids is 1. The van der Waals surface area contributed by atoms with Crippen molar-refractivity contribution >= 4 is 17.1 Å². The number of esters is 1. The third-order valence-electron chi connectivity index (χ3n) is 3.69. The Hall–Kier alpha value is -3.09. The van der Waals surface area contributed by atoms with Gasteiger partial charge in [-0.1, -0.05) is 5.16 Å². The lowest BCUT2D eigenvalue weighted by molar-refractivity contribution is 0.0603. The first-order valence-corrected chi connectivity index (χ1v) is 6.92. The van der Waals surface area contributed by atoms with Crippen molar-refractivity contribution in [3.8, 4) is 22.8 Å². The lowest BCUT2D eigenvalue weighted by Gasteiger charge is -2.06. The highest BCUT2D eigenvalue weighted by Gasteiger charge is 2.21. The lowest BCUT2D eigenvalue weighted by atomic mass is 10.1. The van der Waals surface area contributed by atoms with Crippen molar-refractivity contribution in [2.75, 3.05) is 13.9 Å². The Balaban J connectivity index is 1.92. The van der Waals surface area contributed by atoms with Gasteiger partial charge in [0.2, 0.25) is 6.79 Å². The first kappa shape index (κ1) is 13.6. The maximum atomic E-state index is 12.1. The molecule has 3 aromatic rings. The van der Waals surface area contributed by atoms with E-state index in [0.29, 0.717) is 33.8 Å². The minimum Gasteiger partial charge on any atom is -0.465 e. The Kier molecular flexibility index (Phi) is 2.94. The second-order valence-corrected chi connectivity index (χ2v) is 5.06. The summed E-state index contributed by atoms with van der Waals surface area (Å²) in [5.74, 6) is 0.849. The van der Waals surface area contributed by atoms with E-state index in [1.807, 2.05) is 6.07 Å². The Morgan fingerprint density at radius 2 is 2.04 bits per heavy atom. The molecule has 0 N–H and O–H groups in total. The van der Waals surface area contributed by atoms with Gasteiger partial charge in [-0.3, -0.25) is 0 Å². The molecular formula is C16H12N2O5. The van der Waals surface area contributed by atoms with Gasteiger partial charge in [0, 0.05) is 5.56 Å². The number of rotatable bonds is 2. The number of pyridine rings is 1. The number of methoxy groups -OCH3 is 1. The third kappa shape index (κ3) is 2.09. The zero-order chi connectivity index (χ0) is 16.0. The van der Waals surface area contributed by atoms with Gasteiger partial charge in [-0.15, -0.1) is 0 Å². The molecule has 0 radical (unpaired) electrons. The Bertz CT molecular complexity index is 932. The molecule has 116 valence electrons. The van der Waals surface area contributed by atoms with Crippen molar-refractivity contribution in [2.24, 2.45) is 0 Å². The summed E-state index contributed by atoms with van der Waals surface area (Å²) in [7, 11) is 1.33. The summed E-state index contributed by atoms with van der Waals surface area (Å²) in [5.41, 5.74) is 2.58. The number of hydrogen-bond acceptors (Lipinski definition) is 7. The molecule has 2 aromatic heterocycles. The van der Waals surface area contributed by atoms with E-state index < -0.39 is 5.97 Å². The SMILES string of the molecule is COC(=O)c1cc(-c2ccc3c(c2)OCO3)nc2onc(C)c12. The zero-order valence-electron chi connectivity index (χ0n) is 12.5. The van der Waals surface area contributed by atoms with Gasteiger partial charge in [-0.25, -0.2) is 9.78 Å². The summed E-state index contributed by atoms with van der Waals surface area (Å²) in [6.45, 7) is 1.94. The smallest absolute Gasteiger partial charge is 0.338 e. The summed E-state index contributed by atoms with van der Waals surface area (Å²) in [6, 6.07) is 7.11. The van der Waals surface area contributed by atoms with Gasteiger partial charge in [0.1, 0.15) is 0 Å². The summed E-state index contributed by atoms with van der Waals surface area (Å²) in [4.78, 5) is 16.5. The van der Waals surface area contributed by atoms with Crippen molar-refractivity contribution < 1.29 is 23.5 Å². The molecule has 7 heteroatoms. The van der Waals surface area contributed by atoms with Crippen molar-refractivity contribution in [2.45, 2.75) is 6.92 Å². The van der Waals surface area contributed by atoms with E-state index in [0.717, 1.165) is 5.56 Å². The van der Waals surface area contributed by atoms with E-state index in [4.69, 9.17) is 18.7 Å². The second-order valence-electron chi connectivity index (χ2n) is 5.06. The van der Waals surface area contributed by atoms with Crippen molar-refractivity contribution in [1.29, 1.82) is 0 Å². The summed E-state index contributed by atoms with van der Waals surface area (Å²) < 4.78 is 20.7. The Morgan fingerprint density at radius 3 is 2.87 bits per heavy atom. The summed E-state index contributed by atoms with van der Waals surface area (Å²) >= 11 is 0. The molecule has 0 spiro atoms. The summed E-state index contributed by atoms with van der Waals surface area (Å²) in [6.07, 6.45) is 0. The van der Waals surface area contributed by atoms with Crippen LogP contribution in [-0.2, 0) is 4.74 Å². The molecule has 1 aliphatic heterocycles. The van der Waals surface area contributed by atoms with Gasteiger partial charge < -0.3 is 18.7 Å². The van der Waals surface area contributed by atoms with Crippen LogP contribution in [-0.4, -0.2) is 30.0 Å². The molecule has 3 heterocycles. The maximum absolute atomic E-state index is 12.1. The van der Waals surface area contributed by atoms with Gasteiger partial charge >= 0.3 is 5.97 Å². The molecule has 1 aliphatic rings. The number of hydrogen-bond donors (Lipinski definition) is 0. The molecule has 0 aliphatic carbocycles. The van der Waals surface area contributed by atoms with E-state index in [1.165, 1.54) is 7.11 Å². The van der Waals surface area contributed by atoms with Crippen LogP contribution >= 0.6 is 0 Å². The first-order chi connectivity index (χ1) is 11.2. The quantitative estimate of drug-likeness (QED) is 0.673. The average molecular weight is 312 g/mol. The Morgan fingerprint density at radius 1 is 1.22 bits per heavy atom. The van der Waals surface area contributed by atoms with Crippen molar-refractivity contribution in [3.63, 3.8) is 0 Å². The average Bonchev–Trinajstić information content (AvgIpc) is 3.19. The van der Waals surface area contributed by atoms with Crippen LogP contribution in [0.2, 0.25) is 0 Å². The summed E-state index contributed by atoms with van der Waals surface area (Å²) in [5, 5.41) is 4.43. The monoisotopic (exact) mass is 312 g/mol. The van der Waals surface area contributed by atoms with Crippen LogP contribution in [0.5, 0.6) is 11.5 Å². The van der Waals surface area contributed by atoms with Crippen LogP contribution in [0.3, 0.4) is 0 Å². The van der Waals surface area contributed by atoms with E-state index >= 15 is 0 Å². The second kappa shape index (κ2) is 4.98. The van der Waals surface area contributed by atoms with Crippen molar-refractivity contribution in [1.82, 2.24) is 10.1 Å². The highest BCUT2D eigenvalue weighted by molar-refractivity contribution is 6.04. The van der Waals surface area contributed by atoms with E-state index in [-0.39, 0.29) is 12.5 Å². The standard InChI is InChI=1S/C16H12N2O5/c1-8-14-10(16(19)20-2)6-11(17-15(14)23-18-8)9-3-4-12-13(5-9)22-7-21-12/h3-6H,7H2,1-2H3. The van der Waals surface area contributed by atoms with Crippen LogP contribution < -0.4 is 9.47 Å². The minimum absolute atomic E-state index is 0.194. The number of fused-ring (bicyclic) bond motifs is 2. The van der Waals surface area contributed by atoms with Crippen molar-refractivity contribution in [3.05, 3.63) is 35.5 Å².